The molecule has 0 atom stereocenters. The summed E-state index contributed by atoms with van der Waals surface area (Å²) >= 11 is 1.30. The van der Waals surface area contributed by atoms with Crippen molar-refractivity contribution in [2.45, 2.75) is 5.16 Å². The van der Waals surface area contributed by atoms with Crippen LogP contribution < -0.4 is 20.2 Å². The number of imidazole rings is 1. The topological polar surface area (TPSA) is 118 Å². The van der Waals surface area contributed by atoms with E-state index in [1.807, 2.05) is 24.3 Å². The number of carbonyl (C=O) groups excluding carboxylic acids is 2. The van der Waals surface area contributed by atoms with Crippen molar-refractivity contribution in [3.8, 4) is 11.5 Å². The fourth-order valence-electron chi connectivity index (χ4n) is 3.01. The maximum Gasteiger partial charge on any atom is 0.262 e. The Balaban J connectivity index is 1.17. The number of hydrogen-bond acceptors (Lipinski definition) is 7. The standard InChI is InChI=1S/C25H23N5O4S/c1-33-19-12-8-18(9-13-19)27-23(31)15-34-20-10-6-17(7-11-20)14-26-30-24(32)16-35-25-28-21-4-2-3-5-22(21)29-25/h2-14H,15-16H2,1H3,(H,27,31)(H,28,29)(H,30,32)/b26-14-. The summed E-state index contributed by atoms with van der Waals surface area (Å²) in [5.41, 5.74) is 5.71. The second kappa shape index (κ2) is 11.7. The minimum absolute atomic E-state index is 0.127. The van der Waals surface area contributed by atoms with E-state index >= 15 is 0 Å². The summed E-state index contributed by atoms with van der Waals surface area (Å²) in [5, 5.41) is 7.41. The Hall–Kier alpha value is -4.31. The molecule has 35 heavy (non-hydrogen) atoms. The van der Waals surface area contributed by atoms with E-state index in [0.29, 0.717) is 22.3 Å². The van der Waals surface area contributed by atoms with Crippen molar-refractivity contribution in [1.82, 2.24) is 15.4 Å². The van der Waals surface area contributed by atoms with Gasteiger partial charge in [-0.2, -0.15) is 5.10 Å². The molecule has 0 aliphatic heterocycles. The summed E-state index contributed by atoms with van der Waals surface area (Å²) in [5.74, 6) is 0.920. The van der Waals surface area contributed by atoms with E-state index in [-0.39, 0.29) is 24.2 Å². The monoisotopic (exact) mass is 489 g/mol. The number of benzene rings is 3. The molecule has 4 aromatic rings. The van der Waals surface area contributed by atoms with Crippen LogP contribution in [0.5, 0.6) is 11.5 Å². The molecule has 0 saturated carbocycles. The van der Waals surface area contributed by atoms with Gasteiger partial charge >= 0.3 is 0 Å². The second-order valence-electron chi connectivity index (χ2n) is 7.28. The molecule has 0 radical (unpaired) electrons. The van der Waals surface area contributed by atoms with Crippen LogP contribution in [0.15, 0.2) is 83.1 Å². The molecule has 4 rings (SSSR count). The molecule has 9 nitrogen and oxygen atoms in total. The van der Waals surface area contributed by atoms with E-state index in [2.05, 4.69) is 25.8 Å². The van der Waals surface area contributed by atoms with Crippen LogP contribution in [-0.4, -0.2) is 47.5 Å². The minimum atomic E-state index is -0.274. The van der Waals surface area contributed by atoms with Crippen LogP contribution in [0.2, 0.25) is 0 Å². The van der Waals surface area contributed by atoms with Crippen LogP contribution in [0.1, 0.15) is 5.56 Å². The number of nitrogens with one attached hydrogen (secondary N) is 3. The predicted molar refractivity (Wildman–Crippen MR) is 136 cm³/mol. The van der Waals surface area contributed by atoms with E-state index in [4.69, 9.17) is 9.47 Å². The quantitative estimate of drug-likeness (QED) is 0.177. The van der Waals surface area contributed by atoms with E-state index in [0.717, 1.165) is 16.6 Å². The lowest BCUT2D eigenvalue weighted by atomic mass is 10.2. The van der Waals surface area contributed by atoms with Crippen molar-refractivity contribution in [2.75, 3.05) is 24.8 Å². The fraction of sp³-hybridized carbons (Fsp3) is 0.120. The number of nitrogens with zero attached hydrogens (tertiary/aromatic N) is 2. The molecule has 0 spiro atoms. The van der Waals surface area contributed by atoms with Gasteiger partial charge in [-0.1, -0.05) is 23.9 Å². The van der Waals surface area contributed by atoms with E-state index in [1.54, 1.807) is 55.6 Å². The van der Waals surface area contributed by atoms with E-state index < -0.39 is 0 Å². The fourth-order valence-corrected chi connectivity index (χ4v) is 3.69. The Morgan fingerprint density at radius 2 is 1.74 bits per heavy atom. The van der Waals surface area contributed by atoms with Gasteiger partial charge in [0.25, 0.3) is 11.8 Å². The third kappa shape index (κ3) is 7.08. The number of hydrogen-bond donors (Lipinski definition) is 3. The van der Waals surface area contributed by atoms with Gasteiger partial charge in [0, 0.05) is 5.69 Å². The first-order valence-corrected chi connectivity index (χ1v) is 11.6. The lowest BCUT2D eigenvalue weighted by Gasteiger charge is -2.08. The van der Waals surface area contributed by atoms with Crippen molar-refractivity contribution in [2.24, 2.45) is 5.10 Å². The molecule has 178 valence electrons. The van der Waals surface area contributed by atoms with Crippen LogP contribution in [-0.2, 0) is 9.59 Å². The molecule has 0 aliphatic carbocycles. The third-order valence-corrected chi connectivity index (χ3v) is 5.61. The molecule has 1 aromatic heterocycles. The molecular formula is C25H23N5O4S. The normalized spacial score (nSPS) is 10.9. The van der Waals surface area contributed by atoms with Crippen LogP contribution in [0.4, 0.5) is 5.69 Å². The first-order valence-electron chi connectivity index (χ1n) is 10.7. The summed E-state index contributed by atoms with van der Waals surface area (Å²) in [7, 11) is 1.58. The molecule has 10 heteroatoms. The number of para-hydroxylation sites is 2. The first kappa shape index (κ1) is 23.8. The van der Waals surface area contributed by atoms with Gasteiger partial charge in [0.05, 0.1) is 30.1 Å². The molecule has 1 heterocycles. The van der Waals surface area contributed by atoms with Crippen molar-refractivity contribution < 1.29 is 19.1 Å². The summed E-state index contributed by atoms with van der Waals surface area (Å²) in [6.45, 7) is -0.127. The zero-order chi connectivity index (χ0) is 24.5. The Kier molecular flexibility index (Phi) is 7.97. The number of anilines is 1. The highest BCUT2D eigenvalue weighted by atomic mass is 32.2. The molecule has 0 fully saturated rings. The smallest absolute Gasteiger partial charge is 0.262 e. The highest BCUT2D eigenvalue weighted by Crippen LogP contribution is 2.19. The van der Waals surface area contributed by atoms with Crippen molar-refractivity contribution >= 4 is 46.5 Å². The lowest BCUT2D eigenvalue weighted by Crippen LogP contribution is -2.20. The molecule has 3 aromatic carbocycles. The summed E-state index contributed by atoms with van der Waals surface area (Å²) in [4.78, 5) is 31.7. The molecule has 0 saturated heterocycles. The molecule has 2 amide bonds. The maximum absolute atomic E-state index is 12.1. The van der Waals surface area contributed by atoms with Gasteiger partial charge in [0.2, 0.25) is 0 Å². The number of fused-ring (bicyclic) bond motifs is 1. The van der Waals surface area contributed by atoms with Crippen LogP contribution in [0.3, 0.4) is 0 Å². The van der Waals surface area contributed by atoms with Crippen molar-refractivity contribution in [1.29, 1.82) is 0 Å². The number of thioether (sulfide) groups is 1. The van der Waals surface area contributed by atoms with Crippen LogP contribution >= 0.6 is 11.8 Å². The number of ether oxygens (including phenoxy) is 2. The average molecular weight is 490 g/mol. The van der Waals surface area contributed by atoms with Gasteiger partial charge in [-0.25, -0.2) is 10.4 Å². The first-order chi connectivity index (χ1) is 17.1. The van der Waals surface area contributed by atoms with Gasteiger partial charge < -0.3 is 19.8 Å². The van der Waals surface area contributed by atoms with Crippen LogP contribution in [0, 0.1) is 0 Å². The van der Waals surface area contributed by atoms with Crippen molar-refractivity contribution in [3.63, 3.8) is 0 Å². The lowest BCUT2D eigenvalue weighted by molar-refractivity contribution is -0.119. The Labute approximate surface area is 205 Å². The molecule has 0 aliphatic rings. The Bertz CT molecular complexity index is 1290. The number of hydrazone groups is 1. The van der Waals surface area contributed by atoms with E-state index in [9.17, 15) is 9.59 Å². The predicted octanol–water partition coefficient (Wildman–Crippen LogP) is 3.83. The number of carbonyl (C=O) groups is 2. The number of H-pyrrole nitrogens is 1. The highest BCUT2D eigenvalue weighted by molar-refractivity contribution is 7.99. The summed E-state index contributed by atoms with van der Waals surface area (Å²) in [6, 6.07) is 21.7. The second-order valence-corrected chi connectivity index (χ2v) is 8.24. The molecule has 3 N–H and O–H groups in total. The molecule has 0 unspecified atom stereocenters. The SMILES string of the molecule is COc1ccc(NC(=O)COc2ccc(/C=N\NC(=O)CSc3nc4ccccc4[nH]3)cc2)cc1. The minimum Gasteiger partial charge on any atom is -0.497 e. The number of aromatic nitrogens is 2. The van der Waals surface area contributed by atoms with Gasteiger partial charge in [0.15, 0.2) is 11.8 Å². The van der Waals surface area contributed by atoms with Gasteiger partial charge in [-0.15, -0.1) is 0 Å². The third-order valence-electron chi connectivity index (χ3n) is 4.73. The molecular weight excluding hydrogens is 466 g/mol. The van der Waals surface area contributed by atoms with Gasteiger partial charge in [-0.3, -0.25) is 9.59 Å². The Morgan fingerprint density at radius 3 is 2.49 bits per heavy atom. The number of amides is 2. The van der Waals surface area contributed by atoms with Crippen LogP contribution in [0.25, 0.3) is 11.0 Å². The summed E-state index contributed by atoms with van der Waals surface area (Å²) < 4.78 is 10.6. The van der Waals surface area contributed by atoms with Gasteiger partial charge in [-0.05, 0) is 66.2 Å². The van der Waals surface area contributed by atoms with Gasteiger partial charge in [0.1, 0.15) is 11.5 Å². The van der Waals surface area contributed by atoms with Crippen molar-refractivity contribution in [3.05, 3.63) is 78.4 Å². The zero-order valence-electron chi connectivity index (χ0n) is 18.9. The number of aromatic amines is 1. The zero-order valence-corrected chi connectivity index (χ0v) is 19.7. The average Bonchev–Trinajstić information content (AvgIpc) is 3.31. The Morgan fingerprint density at radius 1 is 1.00 bits per heavy atom. The maximum atomic E-state index is 12.1. The number of rotatable bonds is 10. The summed E-state index contributed by atoms with van der Waals surface area (Å²) in [6.07, 6.45) is 1.53. The highest BCUT2D eigenvalue weighted by Gasteiger charge is 2.07. The van der Waals surface area contributed by atoms with E-state index in [1.165, 1.54) is 18.0 Å². The largest absolute Gasteiger partial charge is 0.497 e. The number of methoxy groups -OCH3 is 1. The molecule has 0 bridgehead atoms.